The maximum atomic E-state index is 14.2. The number of alkyl carbamates (subject to hydrolysis) is 1. The Morgan fingerprint density at radius 2 is 1.76 bits per heavy atom. The second-order valence-corrected chi connectivity index (χ2v) is 15.9. The number of methoxy groups -OCH3 is 1. The number of hydrogen-bond donors (Lipinski definition) is 3. The molecule has 5 atom stereocenters. The van der Waals surface area contributed by atoms with Crippen LogP contribution in [0.2, 0.25) is 0 Å². The number of carbonyl (C=O) groups excluding carboxylic acids is 4. The topological polar surface area (TPSA) is 173 Å². The van der Waals surface area contributed by atoms with Crippen LogP contribution in [0, 0.1) is 17.3 Å². The molecule has 1 saturated carbocycles. The van der Waals surface area contributed by atoms with Gasteiger partial charge in [-0.25, -0.2) is 18.2 Å². The second kappa shape index (κ2) is 16.5. The molecular weight excluding hydrogens is 662 g/mol. The minimum Gasteiger partial charge on any atom is -0.478 e. The summed E-state index contributed by atoms with van der Waals surface area (Å²) in [6.07, 6.45) is 2.75. The van der Waals surface area contributed by atoms with Gasteiger partial charge in [0.25, 0.3) is 5.91 Å². The van der Waals surface area contributed by atoms with Gasteiger partial charge >= 0.3 is 6.09 Å². The van der Waals surface area contributed by atoms with E-state index < -0.39 is 68.5 Å². The zero-order chi connectivity index (χ0) is 36.6. The molecule has 1 aliphatic carbocycles. The summed E-state index contributed by atoms with van der Waals surface area (Å²) in [6, 6.07) is 11.9. The molecular formula is C36H49N5O8S. The van der Waals surface area contributed by atoms with Crippen molar-refractivity contribution in [3.05, 3.63) is 61.2 Å². The third-order valence-electron chi connectivity index (χ3n) is 9.09. The first-order chi connectivity index (χ1) is 23.7. The average molecular weight is 712 g/mol. The third-order valence-corrected chi connectivity index (χ3v) is 10.9. The number of pyridine rings is 1. The largest absolute Gasteiger partial charge is 0.478 e. The van der Waals surface area contributed by atoms with Gasteiger partial charge < -0.3 is 25.0 Å². The fourth-order valence-corrected chi connectivity index (χ4v) is 7.36. The van der Waals surface area contributed by atoms with Crippen LogP contribution in [0.4, 0.5) is 4.79 Å². The van der Waals surface area contributed by atoms with Crippen molar-refractivity contribution in [3.63, 3.8) is 0 Å². The molecule has 0 spiro atoms. The highest BCUT2D eigenvalue weighted by molar-refractivity contribution is 7.90. The van der Waals surface area contributed by atoms with Gasteiger partial charge in [0.1, 0.15) is 18.1 Å². The van der Waals surface area contributed by atoms with Crippen LogP contribution in [-0.2, 0) is 29.1 Å². The van der Waals surface area contributed by atoms with Crippen LogP contribution in [0.5, 0.6) is 5.88 Å². The summed E-state index contributed by atoms with van der Waals surface area (Å²) in [7, 11) is -2.68. The number of likely N-dealkylation sites (tertiary alicyclic amines) is 1. The molecule has 50 heavy (non-hydrogen) atoms. The summed E-state index contributed by atoms with van der Waals surface area (Å²) >= 11 is 0. The molecule has 3 unspecified atom stereocenters. The van der Waals surface area contributed by atoms with E-state index in [4.69, 9.17) is 9.47 Å². The maximum absolute atomic E-state index is 14.2. The predicted octanol–water partition coefficient (Wildman–Crippen LogP) is 3.81. The van der Waals surface area contributed by atoms with Gasteiger partial charge in [-0.3, -0.25) is 19.1 Å². The lowest BCUT2D eigenvalue weighted by Gasteiger charge is -2.35. The monoisotopic (exact) mass is 711 g/mol. The first-order valence-corrected chi connectivity index (χ1v) is 18.5. The van der Waals surface area contributed by atoms with Crippen molar-refractivity contribution in [3.8, 4) is 17.1 Å². The molecule has 272 valence electrons. The van der Waals surface area contributed by atoms with Crippen molar-refractivity contribution in [2.45, 2.75) is 83.2 Å². The molecule has 1 aliphatic heterocycles. The fraction of sp³-hybridized carbons (Fsp3) is 0.528. The fourth-order valence-electron chi connectivity index (χ4n) is 6.03. The highest BCUT2D eigenvalue weighted by Crippen LogP contribution is 2.31. The van der Waals surface area contributed by atoms with E-state index in [9.17, 15) is 27.6 Å². The highest BCUT2D eigenvalue weighted by atomic mass is 32.2. The van der Waals surface area contributed by atoms with Crippen LogP contribution < -0.4 is 20.1 Å². The summed E-state index contributed by atoms with van der Waals surface area (Å²) in [5.41, 5.74) is 0.959. The molecule has 2 aromatic rings. The van der Waals surface area contributed by atoms with Gasteiger partial charge in [0.05, 0.1) is 24.7 Å². The standard InChI is InChI=1S/C36H49N5O8S/c1-7-24(8-2)30(33(43)40-50(46,47)26-17-18-26)38-32(42)28-21-23(22-41(28)34(44)31(36(3,4)5)39-35(45)48-6)19-20-49-29-16-12-15-27(37-29)25-13-10-9-11-14-25/h7,9-16,23-24,26,28,30-31H,1,8,17-22H2,2-6H3,(H,38,42)(H,39,45)(H,40,43)/t23?,24?,28-,30?,31+/m0/s1. The quantitative estimate of drug-likeness (QED) is 0.232. The van der Waals surface area contributed by atoms with Crippen LogP contribution >= 0.6 is 0 Å². The zero-order valence-electron chi connectivity index (χ0n) is 29.4. The number of hydrogen-bond acceptors (Lipinski definition) is 9. The number of amides is 4. The van der Waals surface area contributed by atoms with Gasteiger partial charge in [-0.05, 0) is 49.5 Å². The Hall–Kier alpha value is -4.46. The Balaban J connectivity index is 1.54. The molecule has 2 fully saturated rings. The van der Waals surface area contributed by atoms with E-state index in [2.05, 4.69) is 26.9 Å². The molecule has 0 radical (unpaired) electrons. The van der Waals surface area contributed by atoms with Crippen molar-refractivity contribution >= 4 is 33.8 Å². The number of nitrogens with one attached hydrogen (secondary N) is 3. The second-order valence-electron chi connectivity index (χ2n) is 13.9. The lowest BCUT2D eigenvalue weighted by Crippen LogP contribution is -2.60. The van der Waals surface area contributed by atoms with Gasteiger partial charge in [0, 0.05) is 24.1 Å². The van der Waals surface area contributed by atoms with Gasteiger partial charge in [0.2, 0.25) is 27.7 Å². The van der Waals surface area contributed by atoms with E-state index in [1.54, 1.807) is 33.8 Å². The molecule has 2 aliphatic rings. The first-order valence-electron chi connectivity index (χ1n) is 17.0. The van der Waals surface area contributed by atoms with Crippen LogP contribution in [0.25, 0.3) is 11.3 Å². The number of nitrogens with zero attached hydrogens (tertiary/aromatic N) is 2. The molecule has 1 saturated heterocycles. The number of aromatic nitrogens is 1. The third kappa shape index (κ3) is 9.83. The smallest absolute Gasteiger partial charge is 0.407 e. The van der Waals surface area contributed by atoms with Gasteiger partial charge in [0.15, 0.2) is 0 Å². The first kappa shape index (κ1) is 38.3. The van der Waals surface area contributed by atoms with Gasteiger partial charge in [-0.15, -0.1) is 6.58 Å². The summed E-state index contributed by atoms with van der Waals surface area (Å²) in [6.45, 7) is 11.4. The van der Waals surface area contributed by atoms with Crippen molar-refractivity contribution in [1.82, 2.24) is 25.2 Å². The van der Waals surface area contributed by atoms with E-state index in [-0.39, 0.29) is 25.5 Å². The predicted molar refractivity (Wildman–Crippen MR) is 188 cm³/mol. The normalized spacial score (nSPS) is 19.4. The van der Waals surface area contributed by atoms with Crippen molar-refractivity contribution in [2.24, 2.45) is 17.3 Å². The van der Waals surface area contributed by atoms with Gasteiger partial charge in [-0.1, -0.05) is 70.2 Å². The van der Waals surface area contributed by atoms with Crippen LogP contribution in [0.15, 0.2) is 61.2 Å². The number of rotatable bonds is 15. The molecule has 4 rings (SSSR count). The van der Waals surface area contributed by atoms with Crippen molar-refractivity contribution in [1.29, 1.82) is 0 Å². The Morgan fingerprint density at radius 1 is 1.06 bits per heavy atom. The Kier molecular flexibility index (Phi) is 12.7. The maximum Gasteiger partial charge on any atom is 0.407 e. The number of carbonyl (C=O) groups is 4. The Labute approximate surface area is 294 Å². The molecule has 3 N–H and O–H groups in total. The van der Waals surface area contributed by atoms with E-state index in [1.807, 2.05) is 42.5 Å². The Morgan fingerprint density at radius 3 is 2.36 bits per heavy atom. The molecule has 1 aromatic carbocycles. The number of benzene rings is 1. The van der Waals surface area contributed by atoms with Crippen molar-refractivity contribution < 1.29 is 37.1 Å². The molecule has 1 aromatic heterocycles. The molecule has 14 heteroatoms. The number of sulfonamides is 1. The Bertz CT molecular complexity index is 1640. The lowest BCUT2D eigenvalue weighted by atomic mass is 9.85. The molecule has 13 nitrogen and oxygen atoms in total. The molecule has 4 amide bonds. The van der Waals surface area contributed by atoms with Crippen LogP contribution in [0.1, 0.15) is 59.8 Å². The summed E-state index contributed by atoms with van der Waals surface area (Å²) < 4.78 is 38.2. The summed E-state index contributed by atoms with van der Waals surface area (Å²) in [5, 5.41) is 4.73. The van der Waals surface area contributed by atoms with E-state index >= 15 is 0 Å². The molecule has 0 bridgehead atoms. The van der Waals surface area contributed by atoms with Crippen LogP contribution in [-0.4, -0.2) is 85.8 Å². The molecule has 2 heterocycles. The summed E-state index contributed by atoms with van der Waals surface area (Å²) in [5.74, 6) is -2.29. The van der Waals surface area contributed by atoms with E-state index in [1.165, 1.54) is 18.1 Å². The zero-order valence-corrected chi connectivity index (χ0v) is 30.2. The van der Waals surface area contributed by atoms with Crippen molar-refractivity contribution in [2.75, 3.05) is 20.3 Å². The average Bonchev–Trinajstić information content (AvgIpc) is 3.87. The SMILES string of the molecule is C=CC(CC)C(NC(=O)[C@@H]1CC(CCOc2cccc(-c3ccccc3)n2)CN1C(=O)[C@@H](NC(=O)OC)C(C)(C)C)C(=O)NS(=O)(=O)C1CC1. The lowest BCUT2D eigenvalue weighted by molar-refractivity contribution is -0.142. The van der Waals surface area contributed by atoms with Crippen LogP contribution in [0.3, 0.4) is 0 Å². The number of ether oxygens (including phenoxy) is 2. The highest BCUT2D eigenvalue weighted by Gasteiger charge is 2.46. The summed E-state index contributed by atoms with van der Waals surface area (Å²) in [4.78, 5) is 59.9. The van der Waals surface area contributed by atoms with E-state index in [0.717, 1.165) is 11.3 Å². The minimum absolute atomic E-state index is 0.179. The van der Waals surface area contributed by atoms with E-state index in [0.29, 0.717) is 31.6 Å². The minimum atomic E-state index is -3.88. The van der Waals surface area contributed by atoms with Gasteiger partial charge in [-0.2, -0.15) is 0 Å².